The van der Waals surface area contributed by atoms with E-state index in [1.807, 2.05) is 13.8 Å². The van der Waals surface area contributed by atoms with Gasteiger partial charge in [-0.05, 0) is 87.0 Å². The zero-order chi connectivity index (χ0) is 48.7. The summed E-state index contributed by atoms with van der Waals surface area (Å²) in [7, 11) is 0. The van der Waals surface area contributed by atoms with Gasteiger partial charge in [0.05, 0.1) is 37.4 Å². The molecule has 0 radical (unpaired) electrons. The molecule has 4 aliphatic carbocycles. The minimum absolute atomic E-state index is 0.00956. The molecule has 0 aromatic heterocycles. The van der Waals surface area contributed by atoms with Crippen LogP contribution in [-0.4, -0.2) is 232 Å². The molecule has 8 aliphatic rings. The molecule has 23 nitrogen and oxygen atoms in total. The molecule has 1 spiro atoms. The third-order valence-corrected chi connectivity index (χ3v) is 17.0. The lowest BCUT2D eigenvalue weighted by molar-refractivity contribution is -0.400. The maximum absolute atomic E-state index is 14.3. The SMILES string of the molecule is CC1=C[C@]23CC[C@@H]4[C@](C)(CCC[C@@]4(C)C(=O)O[C@@H]4O[C@H](CO)[C@@H](O)[C@H](O)[C@H]4O)[C@H]2CC[C@@]1(O[C@@H]1O[C@H](CO)[C@@H](O)[C@H](O[C@@H]2O[C@H](CO)[C@@H](O)[C@H](O)[C@H]2O)[C@H]1O[C@@H]1O[C@H](CO)[C@@H](O)[C@H](O)[C@H]1O)C3. The summed E-state index contributed by atoms with van der Waals surface area (Å²) in [6.07, 6.45) is -27.3. The first-order valence-corrected chi connectivity index (χ1v) is 23.4. The molecule has 14 N–H and O–H groups in total. The van der Waals surface area contributed by atoms with E-state index in [0.717, 1.165) is 12.0 Å². The summed E-state index contributed by atoms with van der Waals surface area (Å²) in [6, 6.07) is 0. The van der Waals surface area contributed by atoms with Crippen molar-refractivity contribution in [1.29, 1.82) is 0 Å². The molecule has 384 valence electrons. The second-order valence-corrected chi connectivity index (χ2v) is 20.7. The molecule has 8 rings (SSSR count). The summed E-state index contributed by atoms with van der Waals surface area (Å²) in [5, 5.41) is 148. The van der Waals surface area contributed by atoms with Crippen LogP contribution < -0.4 is 0 Å². The lowest BCUT2D eigenvalue weighted by Gasteiger charge is -2.64. The van der Waals surface area contributed by atoms with E-state index in [9.17, 15) is 76.3 Å². The fourth-order valence-corrected chi connectivity index (χ4v) is 13.3. The monoisotopic (exact) mass is 966 g/mol. The number of aliphatic hydroxyl groups is 14. The Bertz CT molecular complexity index is 1770. The maximum Gasteiger partial charge on any atom is 0.314 e. The summed E-state index contributed by atoms with van der Waals surface area (Å²) in [5.74, 6) is -0.818. The number of carbonyl (C=O) groups excluding carboxylic acids is 1. The Balaban J connectivity index is 1.07. The fourth-order valence-electron chi connectivity index (χ4n) is 13.3. The zero-order valence-electron chi connectivity index (χ0n) is 37.7. The van der Waals surface area contributed by atoms with Crippen molar-refractivity contribution in [3.8, 4) is 0 Å². The Labute approximate surface area is 386 Å². The topological polar surface area (TPSA) is 374 Å². The van der Waals surface area contributed by atoms with Crippen LogP contribution in [0.5, 0.6) is 0 Å². The van der Waals surface area contributed by atoms with Crippen molar-refractivity contribution in [3.05, 3.63) is 11.6 Å². The first-order valence-electron chi connectivity index (χ1n) is 23.4. The van der Waals surface area contributed by atoms with Gasteiger partial charge >= 0.3 is 5.97 Å². The van der Waals surface area contributed by atoms with Crippen molar-refractivity contribution in [3.63, 3.8) is 0 Å². The second-order valence-electron chi connectivity index (χ2n) is 20.7. The van der Waals surface area contributed by atoms with Gasteiger partial charge in [0.2, 0.25) is 6.29 Å². The molecule has 4 aliphatic heterocycles. The van der Waals surface area contributed by atoms with Crippen molar-refractivity contribution in [2.45, 2.75) is 201 Å². The van der Waals surface area contributed by atoms with Gasteiger partial charge in [0.1, 0.15) is 97.7 Å². The lowest BCUT2D eigenvalue weighted by Crippen LogP contribution is -2.68. The van der Waals surface area contributed by atoms with Gasteiger partial charge in [-0.2, -0.15) is 0 Å². The van der Waals surface area contributed by atoms with Crippen LogP contribution >= 0.6 is 0 Å². The highest BCUT2D eigenvalue weighted by Gasteiger charge is 2.68. The Morgan fingerprint density at radius 3 is 1.57 bits per heavy atom. The fraction of sp³-hybridized carbons (Fsp3) is 0.932. The van der Waals surface area contributed by atoms with Crippen LogP contribution in [0.3, 0.4) is 0 Å². The van der Waals surface area contributed by atoms with Crippen LogP contribution in [0, 0.1) is 28.1 Å². The molecule has 0 amide bonds. The van der Waals surface area contributed by atoms with Gasteiger partial charge in [-0.15, -0.1) is 0 Å². The molecule has 4 saturated heterocycles. The van der Waals surface area contributed by atoms with Crippen molar-refractivity contribution < 1.29 is 114 Å². The molecule has 0 aromatic carbocycles. The largest absolute Gasteiger partial charge is 0.432 e. The smallest absolute Gasteiger partial charge is 0.314 e. The van der Waals surface area contributed by atoms with Crippen LogP contribution in [0.2, 0.25) is 0 Å². The quantitative estimate of drug-likeness (QED) is 0.0494. The van der Waals surface area contributed by atoms with E-state index in [4.69, 9.17) is 37.9 Å². The maximum atomic E-state index is 14.3. The summed E-state index contributed by atoms with van der Waals surface area (Å²) < 4.78 is 48.3. The van der Waals surface area contributed by atoms with Gasteiger partial charge in [0, 0.05) is 0 Å². The van der Waals surface area contributed by atoms with Gasteiger partial charge in [-0.3, -0.25) is 4.79 Å². The van der Waals surface area contributed by atoms with Crippen LogP contribution in [0.4, 0.5) is 0 Å². The summed E-state index contributed by atoms with van der Waals surface area (Å²) in [5.41, 5.74) is -2.21. The van der Waals surface area contributed by atoms with Crippen molar-refractivity contribution in [1.82, 2.24) is 0 Å². The number of fused-ring (bicyclic) bond motifs is 3. The van der Waals surface area contributed by atoms with E-state index in [1.165, 1.54) is 0 Å². The molecule has 23 heteroatoms. The van der Waals surface area contributed by atoms with Crippen LogP contribution in [0.15, 0.2) is 11.6 Å². The average Bonchev–Trinajstić information content (AvgIpc) is 3.50. The standard InChI is InChI=1S/C44H70O23/c1-17-11-43-9-5-22-41(2,7-4-8-42(22,3)40(59)66-38-33(58)30(55)26(51)20(14-47)62-38)23(43)6-10-44(17,16-43)67-39-35(65-37-32(57)29(54)25(50)19(13-46)61-37)34(27(52)21(15-48)63-39)64-36-31(56)28(53)24(49)18(12-45)60-36/h11,18-39,45-58H,4-10,12-16H2,1-3H3/t18-,19-,20-,21-,22-,23-,24-,25-,26-,27-,28+,29+,30+,31-,32-,33-,34+,35-,36+,37+,38+,39+,41+,42-,43+,44-/m1/s1. The predicted octanol–water partition coefficient (Wildman–Crippen LogP) is -5.11. The molecule has 3 saturated carbocycles. The highest BCUT2D eigenvalue weighted by atomic mass is 16.8. The first-order chi connectivity index (χ1) is 31.6. The summed E-state index contributed by atoms with van der Waals surface area (Å²) in [4.78, 5) is 14.3. The molecule has 0 unspecified atom stereocenters. The molecule has 7 fully saturated rings. The zero-order valence-corrected chi connectivity index (χ0v) is 37.7. The predicted molar refractivity (Wildman–Crippen MR) is 219 cm³/mol. The van der Waals surface area contributed by atoms with Crippen LogP contribution in [0.25, 0.3) is 0 Å². The average molecular weight is 967 g/mol. The minimum atomic E-state index is -1.95. The molecule has 0 aromatic rings. The number of carbonyl (C=O) groups is 1. The van der Waals surface area contributed by atoms with Crippen LogP contribution in [-0.2, 0) is 42.7 Å². The number of rotatable bonds is 12. The number of hydrogen-bond donors (Lipinski definition) is 14. The van der Waals surface area contributed by atoms with Gasteiger partial charge in [-0.25, -0.2) is 0 Å². The number of ether oxygens (including phenoxy) is 8. The van der Waals surface area contributed by atoms with Crippen molar-refractivity contribution in [2.75, 3.05) is 26.4 Å². The first kappa shape index (κ1) is 51.7. The van der Waals surface area contributed by atoms with Gasteiger partial charge in [0.25, 0.3) is 0 Å². The molecule has 67 heavy (non-hydrogen) atoms. The van der Waals surface area contributed by atoms with E-state index >= 15 is 0 Å². The molecule has 4 heterocycles. The third-order valence-electron chi connectivity index (χ3n) is 17.0. The van der Waals surface area contributed by atoms with E-state index in [1.54, 1.807) is 0 Å². The van der Waals surface area contributed by atoms with E-state index in [0.29, 0.717) is 44.9 Å². The molecule has 2 bridgehead atoms. The number of aliphatic hydroxyl groups excluding tert-OH is 14. The normalized spacial score (nSPS) is 54.4. The molecule has 26 atom stereocenters. The summed E-state index contributed by atoms with van der Waals surface area (Å²) >= 11 is 0. The van der Waals surface area contributed by atoms with Crippen LogP contribution in [0.1, 0.15) is 72.1 Å². The Morgan fingerprint density at radius 1 is 0.567 bits per heavy atom. The van der Waals surface area contributed by atoms with Gasteiger partial charge in [-0.1, -0.05) is 19.4 Å². The number of allylic oxidation sites excluding steroid dienone is 1. The van der Waals surface area contributed by atoms with Crippen molar-refractivity contribution >= 4 is 5.97 Å². The van der Waals surface area contributed by atoms with E-state index in [2.05, 4.69) is 13.0 Å². The highest BCUT2D eigenvalue weighted by molar-refractivity contribution is 5.77. The van der Waals surface area contributed by atoms with E-state index in [-0.39, 0.29) is 11.8 Å². The Hall–Kier alpha value is -1.63. The van der Waals surface area contributed by atoms with Crippen molar-refractivity contribution in [2.24, 2.45) is 28.1 Å². The lowest BCUT2D eigenvalue weighted by atomic mass is 9.40. The number of hydrogen-bond acceptors (Lipinski definition) is 23. The minimum Gasteiger partial charge on any atom is -0.432 e. The van der Waals surface area contributed by atoms with Gasteiger partial charge < -0.3 is 109 Å². The van der Waals surface area contributed by atoms with E-state index < -0.39 is 177 Å². The van der Waals surface area contributed by atoms with Gasteiger partial charge in [0.15, 0.2) is 18.9 Å². The second kappa shape index (κ2) is 19.4. The Morgan fingerprint density at radius 2 is 1.03 bits per heavy atom. The summed E-state index contributed by atoms with van der Waals surface area (Å²) in [6.45, 7) is 2.84. The highest BCUT2D eigenvalue weighted by Crippen LogP contribution is 2.72. The Kier molecular flexibility index (Phi) is 15.0. The molecular formula is C44H70O23. The third kappa shape index (κ3) is 8.63. The number of esters is 1. The molecular weight excluding hydrogens is 896 g/mol.